The molecule has 5 heterocycles. The number of pyridine rings is 2. The molecule has 0 saturated carbocycles. The summed E-state index contributed by atoms with van der Waals surface area (Å²) in [7, 11) is 0. The number of aliphatic hydroxyl groups is 1. The average Bonchev–Trinajstić information content (AvgIpc) is 3.22. The summed E-state index contributed by atoms with van der Waals surface area (Å²) < 4.78 is 1.92. The molecule has 0 spiro atoms. The van der Waals surface area contributed by atoms with E-state index in [1.807, 2.05) is 28.6 Å². The van der Waals surface area contributed by atoms with Crippen molar-refractivity contribution < 1.29 is 9.90 Å². The van der Waals surface area contributed by atoms with E-state index in [1.54, 1.807) is 32.3 Å². The minimum atomic E-state index is -1.02. The largest absolute Gasteiger partial charge is 0.384 e. The third-order valence-electron chi connectivity index (χ3n) is 7.50. The van der Waals surface area contributed by atoms with Gasteiger partial charge < -0.3 is 10.0 Å². The Bertz CT molecular complexity index is 1330. The fourth-order valence-electron chi connectivity index (χ4n) is 5.23. The minimum Gasteiger partial charge on any atom is -0.384 e. The van der Waals surface area contributed by atoms with E-state index in [0.29, 0.717) is 41.1 Å². The molecule has 0 fully saturated rings. The summed E-state index contributed by atoms with van der Waals surface area (Å²) in [6, 6.07) is 5.68. The van der Waals surface area contributed by atoms with Gasteiger partial charge in [-0.25, -0.2) is 0 Å². The van der Waals surface area contributed by atoms with Crippen molar-refractivity contribution in [2.24, 2.45) is 0 Å². The molecule has 0 bridgehead atoms. The van der Waals surface area contributed by atoms with Gasteiger partial charge >= 0.3 is 0 Å². The number of fused-ring (bicyclic) bond motifs is 3. The lowest BCUT2D eigenvalue weighted by Gasteiger charge is -2.37. The van der Waals surface area contributed by atoms with Gasteiger partial charge in [-0.1, -0.05) is 29.3 Å². The molecule has 1 amide bonds. The molecule has 0 aromatic carbocycles. The van der Waals surface area contributed by atoms with Crippen molar-refractivity contribution in [1.29, 1.82) is 0 Å². The molecule has 8 nitrogen and oxygen atoms in total. The fraction of sp³-hybridized carbons (Fsp3) is 0.481. The summed E-state index contributed by atoms with van der Waals surface area (Å²) in [5.74, 6) is -0.0203. The topological polar surface area (TPSA) is 87.4 Å². The summed E-state index contributed by atoms with van der Waals surface area (Å²) in [4.78, 5) is 27.0. The number of halogens is 2. The molecule has 0 radical (unpaired) electrons. The molecule has 196 valence electrons. The number of nitrogens with zero attached hydrogens (tertiary/aromatic N) is 6. The van der Waals surface area contributed by atoms with Crippen molar-refractivity contribution in [2.45, 2.75) is 77.9 Å². The van der Waals surface area contributed by atoms with Crippen LogP contribution < -0.4 is 0 Å². The number of amides is 1. The Kier molecular flexibility index (Phi) is 6.81. The molecule has 3 aromatic rings. The van der Waals surface area contributed by atoms with Gasteiger partial charge in [-0.15, -0.1) is 0 Å². The first-order valence-electron chi connectivity index (χ1n) is 12.6. The molecular weight excluding hydrogens is 511 g/mol. The molecule has 1 N–H and O–H groups in total. The zero-order valence-electron chi connectivity index (χ0n) is 21.7. The molecule has 10 heteroatoms. The number of hydrogen-bond donors (Lipinski definition) is 1. The lowest BCUT2D eigenvalue weighted by Crippen LogP contribution is -2.44. The molecule has 5 rings (SSSR count). The van der Waals surface area contributed by atoms with Crippen LogP contribution >= 0.6 is 23.2 Å². The second-order valence-electron chi connectivity index (χ2n) is 10.8. The lowest BCUT2D eigenvalue weighted by atomic mass is 9.97. The maximum absolute atomic E-state index is 13.9. The van der Waals surface area contributed by atoms with Crippen LogP contribution in [0, 0.1) is 0 Å². The van der Waals surface area contributed by atoms with Gasteiger partial charge in [0.1, 0.15) is 11.3 Å². The van der Waals surface area contributed by atoms with E-state index >= 15 is 0 Å². The summed E-state index contributed by atoms with van der Waals surface area (Å²) in [6.07, 6.45) is 4.09. The van der Waals surface area contributed by atoms with Crippen LogP contribution in [-0.2, 0) is 25.1 Å². The van der Waals surface area contributed by atoms with Gasteiger partial charge in [0.15, 0.2) is 0 Å². The molecule has 3 atom stereocenters. The van der Waals surface area contributed by atoms with Gasteiger partial charge in [-0.3, -0.25) is 24.3 Å². The van der Waals surface area contributed by atoms with Crippen LogP contribution in [0.3, 0.4) is 0 Å². The molecule has 2 aliphatic rings. The van der Waals surface area contributed by atoms with Crippen LogP contribution in [0.15, 0.2) is 30.6 Å². The standard InChI is InChI=1S/C27H32Cl2N6O2/c1-15-8-23-20(14-33(15)13-19-9-21(28)22(29)11-30-19)25-26(36)34(12-16(2)35(25)32-23)17(3)18-6-7-24(31-10-18)27(4,5)37/h6-7,9-11,15-17,37H,8,12-14H2,1-5H3/t15-,16-,17-/m1/s1. The van der Waals surface area contributed by atoms with E-state index in [2.05, 4.69) is 28.7 Å². The van der Waals surface area contributed by atoms with Gasteiger partial charge in [0.2, 0.25) is 0 Å². The quantitative estimate of drug-likeness (QED) is 0.491. The fourth-order valence-corrected chi connectivity index (χ4v) is 5.51. The Hall–Kier alpha value is -2.52. The summed E-state index contributed by atoms with van der Waals surface area (Å²) >= 11 is 12.3. The van der Waals surface area contributed by atoms with Crippen LogP contribution in [0.4, 0.5) is 0 Å². The lowest BCUT2D eigenvalue weighted by molar-refractivity contribution is 0.0580. The van der Waals surface area contributed by atoms with Crippen LogP contribution in [0.1, 0.15) is 85.4 Å². The van der Waals surface area contributed by atoms with E-state index in [0.717, 1.165) is 28.9 Å². The predicted molar refractivity (Wildman–Crippen MR) is 143 cm³/mol. The monoisotopic (exact) mass is 542 g/mol. The van der Waals surface area contributed by atoms with Crippen molar-refractivity contribution in [3.8, 4) is 0 Å². The second-order valence-corrected chi connectivity index (χ2v) is 11.6. The van der Waals surface area contributed by atoms with Gasteiger partial charge in [0.25, 0.3) is 5.91 Å². The van der Waals surface area contributed by atoms with Gasteiger partial charge in [0.05, 0.1) is 39.2 Å². The zero-order valence-corrected chi connectivity index (χ0v) is 23.3. The van der Waals surface area contributed by atoms with E-state index in [-0.39, 0.29) is 24.0 Å². The summed E-state index contributed by atoms with van der Waals surface area (Å²) in [6.45, 7) is 11.5. The smallest absolute Gasteiger partial charge is 0.273 e. The highest BCUT2D eigenvalue weighted by Crippen LogP contribution is 2.35. The van der Waals surface area contributed by atoms with Crippen LogP contribution in [0.2, 0.25) is 10.0 Å². The highest BCUT2D eigenvalue weighted by molar-refractivity contribution is 6.41. The number of rotatable bonds is 5. The van der Waals surface area contributed by atoms with Crippen molar-refractivity contribution in [3.63, 3.8) is 0 Å². The molecule has 0 aliphatic carbocycles. The van der Waals surface area contributed by atoms with Crippen LogP contribution in [0.25, 0.3) is 0 Å². The van der Waals surface area contributed by atoms with Crippen molar-refractivity contribution in [1.82, 2.24) is 29.5 Å². The van der Waals surface area contributed by atoms with E-state index < -0.39 is 5.60 Å². The van der Waals surface area contributed by atoms with E-state index in [4.69, 9.17) is 28.3 Å². The first-order valence-corrected chi connectivity index (χ1v) is 13.3. The number of carbonyl (C=O) groups is 1. The highest BCUT2D eigenvalue weighted by Gasteiger charge is 2.39. The van der Waals surface area contributed by atoms with E-state index in [1.165, 1.54) is 0 Å². The highest BCUT2D eigenvalue weighted by atomic mass is 35.5. The first kappa shape index (κ1) is 26.1. The second kappa shape index (κ2) is 9.66. The molecule has 0 saturated heterocycles. The Morgan fingerprint density at radius 1 is 1.14 bits per heavy atom. The number of carbonyl (C=O) groups excluding carboxylic acids is 1. The van der Waals surface area contributed by atoms with Crippen molar-refractivity contribution in [3.05, 3.63) is 74.5 Å². The Morgan fingerprint density at radius 2 is 1.89 bits per heavy atom. The third kappa shape index (κ3) is 4.88. The predicted octanol–water partition coefficient (Wildman–Crippen LogP) is 4.93. The van der Waals surface area contributed by atoms with Crippen LogP contribution in [-0.4, -0.2) is 53.1 Å². The molecule has 0 unspecified atom stereocenters. The Morgan fingerprint density at radius 3 is 2.54 bits per heavy atom. The average molecular weight is 543 g/mol. The van der Waals surface area contributed by atoms with Gasteiger partial charge in [0, 0.05) is 50.1 Å². The first-order chi connectivity index (χ1) is 17.4. The minimum absolute atomic E-state index is 0.0203. The van der Waals surface area contributed by atoms with Crippen LogP contribution in [0.5, 0.6) is 0 Å². The van der Waals surface area contributed by atoms with Gasteiger partial charge in [-0.05, 0) is 52.3 Å². The molecular formula is C27H32Cl2N6O2. The molecule has 37 heavy (non-hydrogen) atoms. The van der Waals surface area contributed by atoms with E-state index in [9.17, 15) is 9.90 Å². The number of aromatic nitrogens is 4. The zero-order chi connectivity index (χ0) is 26.6. The molecule has 2 aliphatic heterocycles. The normalized spacial score (nSPS) is 21.1. The summed E-state index contributed by atoms with van der Waals surface area (Å²) in [5.41, 5.74) is 3.99. The molecule has 3 aromatic heterocycles. The maximum atomic E-state index is 13.9. The third-order valence-corrected chi connectivity index (χ3v) is 8.21. The summed E-state index contributed by atoms with van der Waals surface area (Å²) in [5, 5.41) is 16.1. The Balaban J connectivity index is 1.42. The Labute approximate surface area is 227 Å². The SMILES string of the molecule is C[C@@H]1Cc2nn3c(c2CN1Cc1cc(Cl)c(Cl)cn1)C(=O)N([C@H](C)c1ccc(C(C)(C)O)nc1)C[C@H]3C. The maximum Gasteiger partial charge on any atom is 0.273 e. The van der Waals surface area contributed by atoms with Crippen molar-refractivity contribution >= 4 is 29.1 Å². The van der Waals surface area contributed by atoms with Crippen molar-refractivity contribution in [2.75, 3.05) is 6.54 Å². The van der Waals surface area contributed by atoms with Gasteiger partial charge in [-0.2, -0.15) is 5.10 Å². The number of hydrogen-bond acceptors (Lipinski definition) is 6.